The quantitative estimate of drug-likeness (QED) is 0.827. The van der Waals surface area contributed by atoms with Gasteiger partial charge in [-0.15, -0.1) is 0 Å². The maximum absolute atomic E-state index is 12.9. The van der Waals surface area contributed by atoms with E-state index in [1.54, 1.807) is 0 Å². The molecule has 0 N–H and O–H groups in total. The van der Waals surface area contributed by atoms with Gasteiger partial charge in [-0.1, -0.05) is 18.2 Å². The van der Waals surface area contributed by atoms with Crippen molar-refractivity contribution in [2.24, 2.45) is 5.92 Å². The van der Waals surface area contributed by atoms with Crippen LogP contribution in [0.3, 0.4) is 0 Å². The Balaban J connectivity index is 1.61. The van der Waals surface area contributed by atoms with E-state index >= 15 is 0 Å². The van der Waals surface area contributed by atoms with Crippen LogP contribution in [0.15, 0.2) is 42.6 Å². The molecule has 0 saturated carbocycles. The average molecular weight is 351 g/mol. The van der Waals surface area contributed by atoms with E-state index in [0.29, 0.717) is 5.92 Å². The first kappa shape index (κ1) is 18.6. The van der Waals surface area contributed by atoms with Crippen LogP contribution in [0.4, 0.5) is 0 Å². The molecule has 138 valence electrons. The van der Waals surface area contributed by atoms with Gasteiger partial charge in [-0.3, -0.25) is 9.78 Å². The number of piperidine rings is 1. The SMILES string of the molecule is Cc1ccc(CC2CCCN(C(=O)c3ccc(CN(C)C)cc3)C2)cn1. The molecule has 4 nitrogen and oxygen atoms in total. The van der Waals surface area contributed by atoms with E-state index in [1.807, 2.05) is 30.2 Å². The van der Waals surface area contributed by atoms with Crippen molar-refractivity contribution < 1.29 is 4.79 Å². The van der Waals surface area contributed by atoms with Crippen LogP contribution in [0.25, 0.3) is 0 Å². The highest BCUT2D eigenvalue weighted by atomic mass is 16.2. The van der Waals surface area contributed by atoms with Crippen molar-refractivity contribution in [1.82, 2.24) is 14.8 Å². The van der Waals surface area contributed by atoms with E-state index in [2.05, 4.69) is 48.2 Å². The largest absolute Gasteiger partial charge is 0.338 e. The molecule has 2 aromatic rings. The van der Waals surface area contributed by atoms with Crippen molar-refractivity contribution in [2.75, 3.05) is 27.2 Å². The average Bonchev–Trinajstić information content (AvgIpc) is 2.63. The zero-order valence-corrected chi connectivity index (χ0v) is 16.1. The van der Waals surface area contributed by atoms with Gasteiger partial charge in [-0.2, -0.15) is 0 Å². The number of hydrogen-bond acceptors (Lipinski definition) is 3. The first-order valence-electron chi connectivity index (χ1n) is 9.46. The molecule has 1 amide bonds. The van der Waals surface area contributed by atoms with Crippen LogP contribution in [-0.4, -0.2) is 47.9 Å². The molecule has 1 aromatic heterocycles. The molecule has 26 heavy (non-hydrogen) atoms. The zero-order valence-electron chi connectivity index (χ0n) is 16.1. The Labute approximate surface area is 156 Å². The minimum absolute atomic E-state index is 0.160. The van der Waals surface area contributed by atoms with Gasteiger partial charge in [0.05, 0.1) is 0 Å². The smallest absolute Gasteiger partial charge is 0.253 e. The number of rotatable bonds is 5. The zero-order chi connectivity index (χ0) is 18.5. The standard InChI is InChI=1S/C22H29N3O/c1-17-6-7-19(14-23-17)13-20-5-4-12-25(16-20)22(26)21-10-8-18(9-11-21)15-24(2)3/h6-11,14,20H,4-5,12-13,15-16H2,1-3H3. The lowest BCUT2D eigenvalue weighted by Crippen LogP contribution is -2.40. The van der Waals surface area contributed by atoms with Crippen LogP contribution < -0.4 is 0 Å². The van der Waals surface area contributed by atoms with Gasteiger partial charge >= 0.3 is 0 Å². The number of carbonyl (C=O) groups is 1. The van der Waals surface area contributed by atoms with Gasteiger partial charge in [-0.25, -0.2) is 0 Å². The number of likely N-dealkylation sites (tertiary alicyclic amines) is 1. The Kier molecular flexibility index (Phi) is 6.04. The normalized spacial score (nSPS) is 17.5. The second-order valence-electron chi connectivity index (χ2n) is 7.71. The van der Waals surface area contributed by atoms with Crippen molar-refractivity contribution in [1.29, 1.82) is 0 Å². The molecule has 1 unspecified atom stereocenters. The molecular formula is C22H29N3O. The first-order valence-corrected chi connectivity index (χ1v) is 9.46. The Morgan fingerprint density at radius 1 is 1.15 bits per heavy atom. The summed E-state index contributed by atoms with van der Waals surface area (Å²) in [4.78, 5) is 21.4. The number of carbonyl (C=O) groups excluding carboxylic acids is 1. The lowest BCUT2D eigenvalue weighted by Gasteiger charge is -2.33. The van der Waals surface area contributed by atoms with Gasteiger partial charge in [0.2, 0.25) is 0 Å². The first-order chi connectivity index (χ1) is 12.5. The molecule has 1 aliphatic heterocycles. The predicted octanol–water partition coefficient (Wildman–Crippen LogP) is 3.55. The molecule has 3 rings (SSSR count). The van der Waals surface area contributed by atoms with E-state index in [0.717, 1.165) is 43.7 Å². The molecule has 0 radical (unpaired) electrons. The highest BCUT2D eigenvalue weighted by molar-refractivity contribution is 5.94. The van der Waals surface area contributed by atoms with Gasteiger partial charge in [0.15, 0.2) is 0 Å². The molecule has 1 aliphatic rings. The topological polar surface area (TPSA) is 36.4 Å². The van der Waals surface area contributed by atoms with E-state index in [1.165, 1.54) is 17.5 Å². The summed E-state index contributed by atoms with van der Waals surface area (Å²) in [6.45, 7) is 4.60. The minimum atomic E-state index is 0.160. The maximum atomic E-state index is 12.9. The molecule has 0 bridgehead atoms. The number of amides is 1. The van der Waals surface area contributed by atoms with Crippen molar-refractivity contribution >= 4 is 5.91 Å². The van der Waals surface area contributed by atoms with Gasteiger partial charge in [0.1, 0.15) is 0 Å². The van der Waals surface area contributed by atoms with Crippen molar-refractivity contribution in [3.63, 3.8) is 0 Å². The second kappa shape index (κ2) is 8.45. The van der Waals surface area contributed by atoms with Crippen LogP contribution in [0, 0.1) is 12.8 Å². The Hall–Kier alpha value is -2.20. The number of nitrogens with zero attached hydrogens (tertiary/aromatic N) is 3. The number of aryl methyl sites for hydroxylation is 1. The molecule has 1 fully saturated rings. The van der Waals surface area contributed by atoms with Gasteiger partial charge in [-0.05, 0) is 75.5 Å². The fourth-order valence-electron chi connectivity index (χ4n) is 3.67. The third-order valence-electron chi connectivity index (χ3n) is 5.00. The third kappa shape index (κ3) is 4.92. The molecule has 0 spiro atoms. The lowest BCUT2D eigenvalue weighted by molar-refractivity contribution is 0.0673. The summed E-state index contributed by atoms with van der Waals surface area (Å²) in [6.07, 6.45) is 5.23. The summed E-state index contributed by atoms with van der Waals surface area (Å²) in [6, 6.07) is 12.3. The molecule has 1 aromatic carbocycles. The molecular weight excluding hydrogens is 322 g/mol. The Bertz CT molecular complexity index is 722. The third-order valence-corrected chi connectivity index (χ3v) is 5.00. The summed E-state index contributed by atoms with van der Waals surface area (Å²) in [5.41, 5.74) is 4.34. The van der Waals surface area contributed by atoms with Crippen LogP contribution in [0.5, 0.6) is 0 Å². The number of hydrogen-bond donors (Lipinski definition) is 0. The van der Waals surface area contributed by atoms with Gasteiger partial charge in [0, 0.05) is 37.1 Å². The molecule has 2 heterocycles. The lowest BCUT2D eigenvalue weighted by atomic mass is 9.91. The van der Waals surface area contributed by atoms with Crippen molar-refractivity contribution in [3.05, 3.63) is 65.0 Å². The molecule has 1 atom stereocenters. The van der Waals surface area contributed by atoms with Crippen LogP contribution in [0.1, 0.15) is 40.0 Å². The maximum Gasteiger partial charge on any atom is 0.253 e. The van der Waals surface area contributed by atoms with Crippen LogP contribution in [0.2, 0.25) is 0 Å². The van der Waals surface area contributed by atoms with E-state index in [9.17, 15) is 4.79 Å². The van der Waals surface area contributed by atoms with E-state index in [-0.39, 0.29) is 5.91 Å². The fraction of sp³-hybridized carbons (Fsp3) is 0.455. The van der Waals surface area contributed by atoms with Crippen LogP contribution >= 0.6 is 0 Å². The molecule has 1 saturated heterocycles. The summed E-state index contributed by atoms with van der Waals surface area (Å²) in [5.74, 6) is 0.679. The summed E-state index contributed by atoms with van der Waals surface area (Å²) < 4.78 is 0. The van der Waals surface area contributed by atoms with Gasteiger partial charge in [0.25, 0.3) is 5.91 Å². The van der Waals surface area contributed by atoms with Gasteiger partial charge < -0.3 is 9.80 Å². The fourth-order valence-corrected chi connectivity index (χ4v) is 3.67. The highest BCUT2D eigenvalue weighted by Gasteiger charge is 2.24. The molecule has 0 aliphatic carbocycles. The van der Waals surface area contributed by atoms with Crippen molar-refractivity contribution in [2.45, 2.75) is 32.7 Å². The van der Waals surface area contributed by atoms with Crippen molar-refractivity contribution in [3.8, 4) is 0 Å². The minimum Gasteiger partial charge on any atom is -0.338 e. The number of pyridine rings is 1. The Morgan fingerprint density at radius 3 is 2.54 bits per heavy atom. The number of aromatic nitrogens is 1. The highest BCUT2D eigenvalue weighted by Crippen LogP contribution is 2.22. The summed E-state index contributed by atoms with van der Waals surface area (Å²) >= 11 is 0. The van der Waals surface area contributed by atoms with E-state index in [4.69, 9.17) is 0 Å². The Morgan fingerprint density at radius 2 is 1.88 bits per heavy atom. The predicted molar refractivity (Wildman–Crippen MR) is 105 cm³/mol. The van der Waals surface area contributed by atoms with Crippen LogP contribution in [-0.2, 0) is 13.0 Å². The monoisotopic (exact) mass is 351 g/mol. The molecule has 4 heteroatoms. The van der Waals surface area contributed by atoms with E-state index < -0.39 is 0 Å². The number of benzene rings is 1. The summed E-state index contributed by atoms with van der Waals surface area (Å²) in [5, 5.41) is 0. The summed E-state index contributed by atoms with van der Waals surface area (Å²) in [7, 11) is 4.10. The second-order valence-corrected chi connectivity index (χ2v) is 7.71.